The molecule has 7 nitrogen and oxygen atoms in total. The van der Waals surface area contributed by atoms with Gasteiger partial charge in [0.1, 0.15) is 6.23 Å². The van der Waals surface area contributed by atoms with Crippen LogP contribution in [0.2, 0.25) is 4.47 Å². The van der Waals surface area contributed by atoms with E-state index in [1.165, 1.54) is 11.3 Å². The second-order valence-electron chi connectivity index (χ2n) is 6.19. The van der Waals surface area contributed by atoms with Gasteiger partial charge in [-0.25, -0.2) is 4.98 Å². The van der Waals surface area contributed by atoms with E-state index in [1.807, 2.05) is 32.6 Å². The van der Waals surface area contributed by atoms with Crippen molar-refractivity contribution in [3.63, 3.8) is 0 Å². The van der Waals surface area contributed by atoms with Crippen molar-refractivity contribution < 1.29 is 9.66 Å². The van der Waals surface area contributed by atoms with Crippen LogP contribution in [0.3, 0.4) is 0 Å². The van der Waals surface area contributed by atoms with E-state index < -0.39 is 0 Å². The minimum Gasteiger partial charge on any atom is -0.361 e. The molecule has 0 spiro atoms. The molecule has 2 atom stereocenters. The van der Waals surface area contributed by atoms with Gasteiger partial charge in [-0.05, 0) is 27.2 Å². The molecule has 9 heteroatoms. The van der Waals surface area contributed by atoms with Crippen molar-refractivity contribution in [2.45, 2.75) is 59.4 Å². The number of ether oxygens (including phenoxy) is 1. The molecule has 1 N–H and O–H groups in total. The molecule has 1 aromatic rings. The molecule has 0 saturated carbocycles. The van der Waals surface area contributed by atoms with Crippen molar-refractivity contribution in [3.8, 4) is 0 Å². The standard InChI is InChI=1S/C16H25ClN4O3S/c1-5-11-7-13(24-10(3)4)20(6-2)15(14(11)21(22)23)18-8-12-9-19-16(17)25-12/h9-11,13,18H,5-8H2,1-4H3. The van der Waals surface area contributed by atoms with E-state index in [0.717, 1.165) is 4.88 Å². The lowest BCUT2D eigenvalue weighted by molar-refractivity contribution is -0.440. The topological polar surface area (TPSA) is 80.5 Å². The largest absolute Gasteiger partial charge is 0.361 e. The average molecular weight is 389 g/mol. The molecule has 140 valence electrons. The molecule has 0 amide bonds. The molecule has 2 unspecified atom stereocenters. The monoisotopic (exact) mass is 388 g/mol. The molecule has 0 aliphatic carbocycles. The van der Waals surface area contributed by atoms with Gasteiger partial charge in [0.15, 0.2) is 10.3 Å². The number of rotatable bonds is 8. The molecule has 1 aromatic heterocycles. The molecule has 0 radical (unpaired) electrons. The van der Waals surface area contributed by atoms with Gasteiger partial charge in [-0.3, -0.25) is 10.1 Å². The van der Waals surface area contributed by atoms with Gasteiger partial charge in [0.2, 0.25) is 0 Å². The molecule has 2 rings (SSSR count). The quantitative estimate of drug-likeness (QED) is 0.538. The number of nitrogens with one attached hydrogen (secondary N) is 1. The lowest BCUT2D eigenvalue weighted by Gasteiger charge is -2.40. The van der Waals surface area contributed by atoms with Gasteiger partial charge in [0, 0.05) is 24.0 Å². The predicted molar refractivity (Wildman–Crippen MR) is 98.8 cm³/mol. The Morgan fingerprint density at radius 2 is 2.28 bits per heavy atom. The fraction of sp³-hybridized carbons (Fsp3) is 0.688. The normalized spacial score (nSPS) is 21.1. The number of allylic oxidation sites excluding steroid dienone is 1. The Morgan fingerprint density at radius 1 is 1.56 bits per heavy atom. The third-order valence-corrected chi connectivity index (χ3v) is 5.28. The SMILES string of the molecule is CCC1CC(OC(C)C)N(CC)C(NCc2cnc(Cl)s2)=C1[N+](=O)[O-]. The maximum atomic E-state index is 11.7. The molecule has 25 heavy (non-hydrogen) atoms. The first kappa shape index (κ1) is 19.9. The highest BCUT2D eigenvalue weighted by Gasteiger charge is 2.41. The van der Waals surface area contributed by atoms with Gasteiger partial charge in [0.25, 0.3) is 5.70 Å². The van der Waals surface area contributed by atoms with Crippen molar-refractivity contribution in [1.29, 1.82) is 0 Å². The van der Waals surface area contributed by atoms with E-state index in [9.17, 15) is 10.1 Å². The zero-order valence-corrected chi connectivity index (χ0v) is 16.6. The number of aromatic nitrogens is 1. The molecular formula is C16H25ClN4O3S. The highest BCUT2D eigenvalue weighted by Crippen LogP contribution is 2.34. The Labute approximate surface area is 157 Å². The lowest BCUT2D eigenvalue weighted by Crippen LogP contribution is -2.48. The minimum absolute atomic E-state index is 0.0512. The molecule has 0 aromatic carbocycles. The van der Waals surface area contributed by atoms with Crippen LogP contribution in [0.5, 0.6) is 0 Å². The average Bonchev–Trinajstić information content (AvgIpc) is 2.96. The van der Waals surface area contributed by atoms with Crippen molar-refractivity contribution in [3.05, 3.63) is 37.2 Å². The summed E-state index contributed by atoms with van der Waals surface area (Å²) in [6.07, 6.45) is 2.88. The highest BCUT2D eigenvalue weighted by atomic mass is 35.5. The zero-order valence-electron chi connectivity index (χ0n) is 15.0. The summed E-state index contributed by atoms with van der Waals surface area (Å²) in [5.74, 6) is 0.398. The van der Waals surface area contributed by atoms with Crippen LogP contribution in [-0.2, 0) is 11.3 Å². The number of nitrogens with zero attached hydrogens (tertiary/aromatic N) is 3. The number of hydrogen-bond donors (Lipinski definition) is 1. The van der Waals surface area contributed by atoms with E-state index in [0.29, 0.717) is 36.2 Å². The third-order valence-electron chi connectivity index (χ3n) is 4.17. The van der Waals surface area contributed by atoms with Crippen molar-refractivity contribution >= 4 is 22.9 Å². The number of halogens is 1. The van der Waals surface area contributed by atoms with Crippen molar-refractivity contribution in [1.82, 2.24) is 15.2 Å². The number of thiazole rings is 1. The lowest BCUT2D eigenvalue weighted by atomic mass is 9.93. The van der Waals surface area contributed by atoms with Gasteiger partial charge >= 0.3 is 0 Å². The molecule has 1 aliphatic rings. The summed E-state index contributed by atoms with van der Waals surface area (Å²) in [7, 11) is 0. The van der Waals surface area contributed by atoms with Crippen LogP contribution in [0.4, 0.5) is 0 Å². The smallest absolute Gasteiger partial charge is 0.289 e. The first-order chi connectivity index (χ1) is 11.9. The Morgan fingerprint density at radius 3 is 2.76 bits per heavy atom. The van der Waals surface area contributed by atoms with Crippen LogP contribution in [-0.4, -0.2) is 33.7 Å². The molecule has 2 heterocycles. The van der Waals surface area contributed by atoms with E-state index >= 15 is 0 Å². The predicted octanol–water partition coefficient (Wildman–Crippen LogP) is 3.83. The van der Waals surface area contributed by atoms with E-state index in [4.69, 9.17) is 16.3 Å². The van der Waals surface area contributed by atoms with Crippen molar-refractivity contribution in [2.24, 2.45) is 5.92 Å². The van der Waals surface area contributed by atoms with Gasteiger partial charge < -0.3 is 15.0 Å². The minimum atomic E-state index is -0.260. The highest BCUT2D eigenvalue weighted by molar-refractivity contribution is 7.15. The summed E-state index contributed by atoms with van der Waals surface area (Å²) in [6, 6.07) is 0. The first-order valence-electron chi connectivity index (χ1n) is 8.52. The molecule has 0 saturated heterocycles. The molecule has 0 fully saturated rings. The van der Waals surface area contributed by atoms with Crippen LogP contribution in [0, 0.1) is 16.0 Å². The van der Waals surface area contributed by atoms with Crippen LogP contribution in [0.25, 0.3) is 0 Å². The summed E-state index contributed by atoms with van der Waals surface area (Å²) in [5.41, 5.74) is 0.239. The summed E-state index contributed by atoms with van der Waals surface area (Å²) in [4.78, 5) is 18.4. The fourth-order valence-electron chi connectivity index (χ4n) is 3.10. The van der Waals surface area contributed by atoms with Gasteiger partial charge in [-0.1, -0.05) is 18.5 Å². The van der Waals surface area contributed by atoms with E-state index in [-0.39, 0.29) is 28.9 Å². The van der Waals surface area contributed by atoms with E-state index in [2.05, 4.69) is 10.3 Å². The zero-order chi connectivity index (χ0) is 18.6. The number of nitro groups is 1. The summed E-state index contributed by atoms with van der Waals surface area (Å²) in [5, 5.41) is 15.0. The number of hydrogen-bond acceptors (Lipinski definition) is 7. The second kappa shape index (κ2) is 8.82. The second-order valence-corrected chi connectivity index (χ2v) is 7.89. The first-order valence-corrected chi connectivity index (χ1v) is 9.71. The van der Waals surface area contributed by atoms with E-state index in [1.54, 1.807) is 6.20 Å². The summed E-state index contributed by atoms with van der Waals surface area (Å²) >= 11 is 7.23. The van der Waals surface area contributed by atoms with Gasteiger partial charge in [0.05, 0.1) is 23.5 Å². The van der Waals surface area contributed by atoms with Crippen LogP contribution < -0.4 is 5.32 Å². The van der Waals surface area contributed by atoms with Crippen molar-refractivity contribution in [2.75, 3.05) is 6.54 Å². The summed E-state index contributed by atoms with van der Waals surface area (Å²) < 4.78 is 6.50. The maximum absolute atomic E-state index is 11.7. The fourth-order valence-corrected chi connectivity index (χ4v) is 4.01. The van der Waals surface area contributed by atoms with Crippen LogP contribution in [0.15, 0.2) is 17.7 Å². The molecular weight excluding hydrogens is 364 g/mol. The Balaban J connectivity index is 2.34. The van der Waals surface area contributed by atoms with Gasteiger partial charge in [-0.2, -0.15) is 0 Å². The Kier molecular flexibility index (Phi) is 7.04. The Bertz CT molecular complexity index is 635. The summed E-state index contributed by atoms with van der Waals surface area (Å²) in [6.45, 7) is 8.98. The maximum Gasteiger partial charge on any atom is 0.289 e. The van der Waals surface area contributed by atoms with Gasteiger partial charge in [-0.15, -0.1) is 11.3 Å². The van der Waals surface area contributed by atoms with Crippen LogP contribution in [0.1, 0.15) is 45.4 Å². The van der Waals surface area contributed by atoms with Crippen LogP contribution >= 0.6 is 22.9 Å². The Hall–Kier alpha value is -1.38. The molecule has 1 aliphatic heterocycles. The molecule has 0 bridgehead atoms. The third kappa shape index (κ3) is 4.83.